The molecule has 0 spiro atoms. The summed E-state index contributed by atoms with van der Waals surface area (Å²) in [6.45, 7) is 3.32. The van der Waals surface area contributed by atoms with Crippen molar-refractivity contribution in [3.05, 3.63) is 24.3 Å². The van der Waals surface area contributed by atoms with Crippen molar-refractivity contribution in [2.24, 2.45) is 0 Å². The lowest BCUT2D eigenvalue weighted by Gasteiger charge is -2.21. The monoisotopic (exact) mass is 319 g/mol. The van der Waals surface area contributed by atoms with E-state index in [2.05, 4.69) is 12.2 Å². The summed E-state index contributed by atoms with van der Waals surface area (Å²) >= 11 is 0. The zero-order valence-corrected chi connectivity index (χ0v) is 14.0. The number of hydrogen-bond donors (Lipinski definition) is 1. The van der Waals surface area contributed by atoms with Gasteiger partial charge in [-0.2, -0.15) is 0 Å². The first kappa shape index (κ1) is 17.1. The number of anilines is 1. The van der Waals surface area contributed by atoms with Gasteiger partial charge in [0.25, 0.3) is 0 Å². The first-order chi connectivity index (χ1) is 11.0. The average Bonchev–Trinajstić information content (AvgIpc) is 2.92. The molecule has 1 fully saturated rings. The van der Waals surface area contributed by atoms with E-state index >= 15 is 0 Å². The summed E-state index contributed by atoms with van der Waals surface area (Å²) in [5.41, 5.74) is 0.826. The Bertz CT molecular complexity index is 545. The summed E-state index contributed by atoms with van der Waals surface area (Å²) < 4.78 is 5.12. The number of benzene rings is 1. The van der Waals surface area contributed by atoms with Crippen LogP contribution in [0.4, 0.5) is 10.5 Å². The number of carbonyl (C=O) groups is 2. The molecule has 2 rings (SSSR count). The lowest BCUT2D eigenvalue weighted by atomic mass is 10.2. The van der Waals surface area contributed by atoms with Crippen molar-refractivity contribution in [3.63, 3.8) is 0 Å². The molecule has 23 heavy (non-hydrogen) atoms. The SMILES string of the molecule is CCCCN(C)C(=O)N[C@@H]1CC(=O)N(c2ccc(OC)cc2)C1. The van der Waals surface area contributed by atoms with Crippen LogP contribution in [-0.4, -0.2) is 50.1 Å². The molecule has 0 unspecified atom stereocenters. The van der Waals surface area contributed by atoms with Crippen molar-refractivity contribution in [1.29, 1.82) is 0 Å². The van der Waals surface area contributed by atoms with Crippen LogP contribution in [0.1, 0.15) is 26.2 Å². The molecule has 126 valence electrons. The fourth-order valence-corrected chi connectivity index (χ4v) is 2.60. The molecule has 6 nitrogen and oxygen atoms in total. The van der Waals surface area contributed by atoms with Gasteiger partial charge >= 0.3 is 6.03 Å². The number of ether oxygens (including phenoxy) is 1. The van der Waals surface area contributed by atoms with E-state index in [1.54, 1.807) is 24.0 Å². The van der Waals surface area contributed by atoms with Gasteiger partial charge in [-0.05, 0) is 30.7 Å². The number of nitrogens with one attached hydrogen (secondary N) is 1. The molecule has 0 aliphatic carbocycles. The molecule has 1 saturated heterocycles. The molecule has 1 aromatic rings. The van der Waals surface area contributed by atoms with E-state index in [4.69, 9.17) is 4.74 Å². The summed E-state index contributed by atoms with van der Waals surface area (Å²) in [6.07, 6.45) is 2.36. The predicted molar refractivity (Wildman–Crippen MR) is 89.8 cm³/mol. The third kappa shape index (κ3) is 4.37. The second kappa shape index (κ2) is 7.85. The molecule has 1 heterocycles. The average molecular weight is 319 g/mol. The Morgan fingerprint density at radius 1 is 1.39 bits per heavy atom. The zero-order valence-electron chi connectivity index (χ0n) is 14.0. The Balaban J connectivity index is 1.92. The Kier molecular flexibility index (Phi) is 5.84. The standard InChI is InChI=1S/C17H25N3O3/c1-4-5-10-19(2)17(22)18-13-11-16(21)20(12-13)14-6-8-15(23-3)9-7-14/h6-9,13H,4-5,10-12H2,1-3H3,(H,18,22)/t13-/m1/s1. The molecule has 1 N–H and O–H groups in total. The van der Waals surface area contributed by atoms with Crippen molar-refractivity contribution in [3.8, 4) is 5.75 Å². The lowest BCUT2D eigenvalue weighted by Crippen LogP contribution is -2.44. The minimum atomic E-state index is -0.152. The molecule has 3 amide bonds. The highest BCUT2D eigenvalue weighted by atomic mass is 16.5. The van der Waals surface area contributed by atoms with E-state index < -0.39 is 0 Å². The summed E-state index contributed by atoms with van der Waals surface area (Å²) in [7, 11) is 3.39. The van der Waals surface area contributed by atoms with Gasteiger partial charge in [0.1, 0.15) is 5.75 Å². The highest BCUT2D eigenvalue weighted by Crippen LogP contribution is 2.24. The number of carbonyl (C=O) groups excluding carboxylic acids is 2. The van der Waals surface area contributed by atoms with E-state index in [-0.39, 0.29) is 18.0 Å². The Labute approximate surface area is 137 Å². The Hall–Kier alpha value is -2.24. The molecular formula is C17H25N3O3. The fourth-order valence-electron chi connectivity index (χ4n) is 2.60. The van der Waals surface area contributed by atoms with E-state index in [0.29, 0.717) is 13.0 Å². The van der Waals surface area contributed by atoms with Gasteiger partial charge in [-0.3, -0.25) is 4.79 Å². The Morgan fingerprint density at radius 3 is 2.70 bits per heavy atom. The molecule has 1 aromatic carbocycles. The van der Waals surface area contributed by atoms with Crippen LogP contribution in [0.5, 0.6) is 5.75 Å². The largest absolute Gasteiger partial charge is 0.497 e. The van der Waals surface area contributed by atoms with Crippen molar-refractivity contribution < 1.29 is 14.3 Å². The number of nitrogens with zero attached hydrogens (tertiary/aromatic N) is 2. The zero-order chi connectivity index (χ0) is 16.8. The molecule has 1 aliphatic rings. The Morgan fingerprint density at radius 2 is 2.09 bits per heavy atom. The van der Waals surface area contributed by atoms with Crippen molar-refractivity contribution in [2.75, 3.05) is 32.1 Å². The summed E-state index contributed by atoms with van der Waals surface area (Å²) in [6, 6.07) is 7.09. The maximum Gasteiger partial charge on any atom is 0.317 e. The molecule has 0 radical (unpaired) electrons. The van der Waals surface area contributed by atoms with Gasteiger partial charge in [-0.15, -0.1) is 0 Å². The molecule has 0 saturated carbocycles. The van der Waals surface area contributed by atoms with Crippen LogP contribution in [0, 0.1) is 0 Å². The highest BCUT2D eigenvalue weighted by Gasteiger charge is 2.32. The van der Waals surface area contributed by atoms with E-state index in [1.165, 1.54) is 0 Å². The quantitative estimate of drug-likeness (QED) is 0.875. The summed E-state index contributed by atoms with van der Waals surface area (Å²) in [4.78, 5) is 27.7. The second-order valence-corrected chi connectivity index (χ2v) is 5.83. The summed E-state index contributed by atoms with van der Waals surface area (Å²) in [5.74, 6) is 0.777. The third-order valence-corrected chi connectivity index (χ3v) is 4.03. The lowest BCUT2D eigenvalue weighted by molar-refractivity contribution is -0.117. The highest BCUT2D eigenvalue weighted by molar-refractivity contribution is 5.96. The third-order valence-electron chi connectivity index (χ3n) is 4.03. The number of methoxy groups -OCH3 is 1. The van der Waals surface area contributed by atoms with E-state index in [1.807, 2.05) is 24.3 Å². The van der Waals surface area contributed by atoms with E-state index in [0.717, 1.165) is 30.8 Å². The van der Waals surface area contributed by atoms with Gasteiger partial charge < -0.3 is 19.9 Å². The number of unbranched alkanes of at least 4 members (excludes halogenated alkanes) is 1. The number of amides is 3. The maximum atomic E-state index is 12.2. The van der Waals surface area contributed by atoms with Crippen molar-refractivity contribution >= 4 is 17.6 Å². The molecule has 6 heteroatoms. The van der Waals surface area contributed by atoms with Gasteiger partial charge in [0.05, 0.1) is 13.2 Å². The van der Waals surface area contributed by atoms with E-state index in [9.17, 15) is 9.59 Å². The number of urea groups is 1. The van der Waals surface area contributed by atoms with Crippen molar-refractivity contribution in [2.45, 2.75) is 32.2 Å². The minimum Gasteiger partial charge on any atom is -0.497 e. The second-order valence-electron chi connectivity index (χ2n) is 5.83. The molecule has 0 bridgehead atoms. The smallest absolute Gasteiger partial charge is 0.317 e. The van der Waals surface area contributed by atoms with Crippen LogP contribution in [0.3, 0.4) is 0 Å². The first-order valence-electron chi connectivity index (χ1n) is 8.01. The van der Waals surface area contributed by atoms with Crippen LogP contribution in [0.2, 0.25) is 0 Å². The van der Waals surface area contributed by atoms with Crippen LogP contribution in [0.25, 0.3) is 0 Å². The molecule has 1 aliphatic heterocycles. The van der Waals surface area contributed by atoms with Crippen molar-refractivity contribution in [1.82, 2.24) is 10.2 Å². The van der Waals surface area contributed by atoms with Crippen LogP contribution in [-0.2, 0) is 4.79 Å². The number of rotatable bonds is 6. The molecule has 1 atom stereocenters. The van der Waals surface area contributed by atoms with Gasteiger partial charge in [0.15, 0.2) is 0 Å². The van der Waals surface area contributed by atoms with Gasteiger partial charge in [-0.1, -0.05) is 13.3 Å². The van der Waals surface area contributed by atoms with Crippen LogP contribution < -0.4 is 15.0 Å². The topological polar surface area (TPSA) is 61.9 Å². The fraction of sp³-hybridized carbons (Fsp3) is 0.529. The van der Waals surface area contributed by atoms with Gasteiger partial charge in [-0.25, -0.2) is 4.79 Å². The normalized spacial score (nSPS) is 17.3. The van der Waals surface area contributed by atoms with Gasteiger partial charge in [0.2, 0.25) is 5.91 Å². The predicted octanol–water partition coefficient (Wildman–Crippen LogP) is 2.24. The maximum absolute atomic E-state index is 12.2. The van der Waals surface area contributed by atoms with Crippen LogP contribution >= 0.6 is 0 Å². The van der Waals surface area contributed by atoms with Crippen LogP contribution in [0.15, 0.2) is 24.3 Å². The number of hydrogen-bond acceptors (Lipinski definition) is 3. The molecule has 0 aromatic heterocycles. The molecular weight excluding hydrogens is 294 g/mol. The first-order valence-corrected chi connectivity index (χ1v) is 8.01. The van der Waals surface area contributed by atoms with Gasteiger partial charge in [0, 0.05) is 32.2 Å². The minimum absolute atomic E-state index is 0.0247. The summed E-state index contributed by atoms with van der Waals surface area (Å²) in [5, 5.41) is 2.94.